The Bertz CT molecular complexity index is 849. The maximum absolute atomic E-state index is 6.36. The molecule has 150 valence electrons. The molecule has 2 N–H and O–H groups in total. The molecule has 0 saturated heterocycles. The summed E-state index contributed by atoms with van der Waals surface area (Å²) in [5, 5.41) is 0. The molecule has 3 heteroatoms. The zero-order chi connectivity index (χ0) is 20.4. The molecule has 0 spiro atoms. The quantitative estimate of drug-likeness (QED) is 0.533. The summed E-state index contributed by atoms with van der Waals surface area (Å²) in [5.41, 5.74) is 12.9. The molecular formula is C25H33NOS. The Balaban J connectivity index is 1.77. The van der Waals surface area contributed by atoms with Crippen LogP contribution >= 0.6 is 11.8 Å². The topological polar surface area (TPSA) is 35.2 Å². The molecule has 0 heterocycles. The molecule has 2 nitrogen and oxygen atoms in total. The second kappa shape index (κ2) is 8.24. The number of nitrogens with two attached hydrogens (primary N) is 1. The van der Waals surface area contributed by atoms with E-state index in [0.717, 1.165) is 30.0 Å². The van der Waals surface area contributed by atoms with Crippen LogP contribution in [0, 0.1) is 5.41 Å². The van der Waals surface area contributed by atoms with Gasteiger partial charge in [0.25, 0.3) is 0 Å². The molecule has 3 rings (SSSR count). The van der Waals surface area contributed by atoms with Gasteiger partial charge in [-0.3, -0.25) is 0 Å². The lowest BCUT2D eigenvalue weighted by Gasteiger charge is -2.30. The molecule has 0 aliphatic heterocycles. The smallest absolute Gasteiger partial charge is 0.118 e. The number of allylic oxidation sites excluding steroid dienone is 2. The number of benzene rings is 2. The van der Waals surface area contributed by atoms with Gasteiger partial charge in [0, 0.05) is 21.8 Å². The fraction of sp³-hybridized carbons (Fsp3) is 0.440. The molecule has 2 aromatic rings. The Morgan fingerprint density at radius 1 is 1.11 bits per heavy atom. The average molecular weight is 396 g/mol. The Kier molecular flexibility index (Phi) is 6.14. The number of anilines is 1. The first-order valence-electron chi connectivity index (χ1n) is 10.1. The monoisotopic (exact) mass is 395 g/mol. The van der Waals surface area contributed by atoms with Gasteiger partial charge in [-0.2, -0.15) is 0 Å². The molecule has 0 atom stereocenters. The number of nitrogen functional groups attached to an aromatic ring is 1. The molecular weight excluding hydrogens is 362 g/mol. The highest BCUT2D eigenvalue weighted by Crippen LogP contribution is 2.43. The van der Waals surface area contributed by atoms with Gasteiger partial charge in [-0.15, -0.1) is 11.8 Å². The lowest BCUT2D eigenvalue weighted by Crippen LogP contribution is -2.16. The highest BCUT2D eigenvalue weighted by atomic mass is 32.2. The van der Waals surface area contributed by atoms with Gasteiger partial charge in [-0.25, -0.2) is 0 Å². The van der Waals surface area contributed by atoms with Gasteiger partial charge in [0.15, 0.2) is 0 Å². The Hall–Kier alpha value is -1.87. The largest absolute Gasteiger partial charge is 0.497 e. The van der Waals surface area contributed by atoms with Crippen molar-refractivity contribution in [2.24, 2.45) is 5.41 Å². The fourth-order valence-corrected chi connectivity index (χ4v) is 4.61. The highest BCUT2D eigenvalue weighted by Gasteiger charge is 2.25. The summed E-state index contributed by atoms with van der Waals surface area (Å²) in [6.07, 6.45) is 5.86. The van der Waals surface area contributed by atoms with Gasteiger partial charge in [0.2, 0.25) is 0 Å². The Labute approximate surface area is 174 Å². The van der Waals surface area contributed by atoms with Crippen LogP contribution in [0.3, 0.4) is 0 Å². The average Bonchev–Trinajstić information content (AvgIpc) is 2.67. The molecule has 0 amide bonds. The SMILES string of the molecule is COc1ccc(CSC(C)(C)c2ccc(N)c(C3=CCC(C)(C)CC3)c2)cc1. The molecule has 1 aliphatic rings. The number of ether oxygens (including phenoxy) is 1. The van der Waals surface area contributed by atoms with Crippen LogP contribution in [-0.4, -0.2) is 7.11 Å². The second-order valence-corrected chi connectivity index (χ2v) is 10.6. The lowest BCUT2D eigenvalue weighted by molar-refractivity contribution is 0.335. The van der Waals surface area contributed by atoms with E-state index in [-0.39, 0.29) is 4.75 Å². The summed E-state index contributed by atoms with van der Waals surface area (Å²) in [5.74, 6) is 1.87. The van der Waals surface area contributed by atoms with Crippen molar-refractivity contribution >= 4 is 23.0 Å². The van der Waals surface area contributed by atoms with Gasteiger partial charge < -0.3 is 10.5 Å². The first-order valence-corrected chi connectivity index (χ1v) is 11.0. The molecule has 0 bridgehead atoms. The van der Waals surface area contributed by atoms with Crippen LogP contribution in [0.15, 0.2) is 48.5 Å². The van der Waals surface area contributed by atoms with Crippen LogP contribution in [0.4, 0.5) is 5.69 Å². The molecule has 1 aliphatic carbocycles. The van der Waals surface area contributed by atoms with E-state index >= 15 is 0 Å². The van der Waals surface area contributed by atoms with E-state index in [1.807, 2.05) is 23.9 Å². The minimum atomic E-state index is 0.0108. The van der Waals surface area contributed by atoms with Crippen molar-refractivity contribution in [3.63, 3.8) is 0 Å². The second-order valence-electron chi connectivity index (χ2n) is 9.05. The highest BCUT2D eigenvalue weighted by molar-refractivity contribution is 7.99. The molecule has 0 saturated carbocycles. The van der Waals surface area contributed by atoms with E-state index in [9.17, 15) is 0 Å². The van der Waals surface area contributed by atoms with E-state index in [0.29, 0.717) is 5.41 Å². The molecule has 0 unspecified atom stereocenters. The van der Waals surface area contributed by atoms with Gasteiger partial charge in [-0.05, 0) is 79.5 Å². The summed E-state index contributed by atoms with van der Waals surface area (Å²) < 4.78 is 5.27. The normalized spacial score (nSPS) is 16.5. The standard InChI is InChI=1S/C25H33NOS/c1-24(2)14-12-19(13-15-24)22-16-20(8-11-23(22)26)25(3,4)28-17-18-6-9-21(27-5)10-7-18/h6-12,16H,13-15,17,26H2,1-5H3. The number of thioether (sulfide) groups is 1. The van der Waals surface area contributed by atoms with E-state index < -0.39 is 0 Å². The van der Waals surface area contributed by atoms with Gasteiger partial charge in [0.05, 0.1) is 7.11 Å². The molecule has 0 aromatic heterocycles. The maximum Gasteiger partial charge on any atom is 0.118 e. The molecule has 0 fully saturated rings. The van der Waals surface area contributed by atoms with Crippen molar-refractivity contribution in [1.82, 2.24) is 0 Å². The van der Waals surface area contributed by atoms with Crippen molar-refractivity contribution in [2.45, 2.75) is 57.5 Å². The third kappa shape index (κ3) is 4.94. The fourth-order valence-electron chi connectivity index (χ4n) is 3.60. The first kappa shape index (κ1) is 20.9. The zero-order valence-corrected chi connectivity index (χ0v) is 18.7. The van der Waals surface area contributed by atoms with Crippen molar-refractivity contribution in [3.8, 4) is 5.75 Å². The van der Waals surface area contributed by atoms with Crippen LogP contribution in [0.5, 0.6) is 5.75 Å². The van der Waals surface area contributed by atoms with E-state index in [1.54, 1.807) is 7.11 Å². The van der Waals surface area contributed by atoms with E-state index in [4.69, 9.17) is 10.5 Å². The number of methoxy groups -OCH3 is 1. The summed E-state index contributed by atoms with van der Waals surface area (Å²) in [6.45, 7) is 9.29. The number of hydrogen-bond acceptors (Lipinski definition) is 3. The van der Waals surface area contributed by atoms with Gasteiger partial charge in [0.1, 0.15) is 5.75 Å². The minimum absolute atomic E-state index is 0.0108. The van der Waals surface area contributed by atoms with Crippen LogP contribution in [0.1, 0.15) is 63.6 Å². The number of rotatable bonds is 6. The Morgan fingerprint density at radius 2 is 1.82 bits per heavy atom. The molecule has 0 radical (unpaired) electrons. The lowest BCUT2D eigenvalue weighted by atomic mass is 9.76. The first-order chi connectivity index (χ1) is 13.2. The van der Waals surface area contributed by atoms with Crippen LogP contribution in [0.25, 0.3) is 5.57 Å². The number of hydrogen-bond donors (Lipinski definition) is 1. The third-order valence-corrected chi connectivity index (χ3v) is 7.26. The third-order valence-electron chi connectivity index (χ3n) is 5.83. The van der Waals surface area contributed by atoms with E-state index in [1.165, 1.54) is 28.7 Å². The van der Waals surface area contributed by atoms with Gasteiger partial charge >= 0.3 is 0 Å². The van der Waals surface area contributed by atoms with Crippen molar-refractivity contribution < 1.29 is 4.74 Å². The zero-order valence-electron chi connectivity index (χ0n) is 17.8. The van der Waals surface area contributed by atoms with Crippen molar-refractivity contribution in [3.05, 3.63) is 65.2 Å². The van der Waals surface area contributed by atoms with Crippen molar-refractivity contribution in [2.75, 3.05) is 12.8 Å². The molecule has 2 aromatic carbocycles. The predicted molar refractivity (Wildman–Crippen MR) is 124 cm³/mol. The summed E-state index contributed by atoms with van der Waals surface area (Å²) in [7, 11) is 1.70. The van der Waals surface area contributed by atoms with E-state index in [2.05, 4.69) is 64.1 Å². The predicted octanol–water partition coefficient (Wildman–Crippen LogP) is 7.04. The summed E-state index contributed by atoms with van der Waals surface area (Å²) in [4.78, 5) is 0. The van der Waals surface area contributed by atoms with Gasteiger partial charge in [-0.1, -0.05) is 38.1 Å². The minimum Gasteiger partial charge on any atom is -0.497 e. The van der Waals surface area contributed by atoms with Crippen LogP contribution < -0.4 is 10.5 Å². The van der Waals surface area contributed by atoms with Crippen molar-refractivity contribution in [1.29, 1.82) is 0 Å². The van der Waals surface area contributed by atoms with Crippen LogP contribution in [0.2, 0.25) is 0 Å². The summed E-state index contributed by atoms with van der Waals surface area (Å²) >= 11 is 1.96. The maximum atomic E-state index is 6.36. The summed E-state index contributed by atoms with van der Waals surface area (Å²) in [6, 6.07) is 14.9. The molecule has 28 heavy (non-hydrogen) atoms. The van der Waals surface area contributed by atoms with Crippen LogP contribution in [-0.2, 0) is 10.5 Å². The Morgan fingerprint density at radius 3 is 2.43 bits per heavy atom.